The molecule has 4 aromatic rings. The van der Waals surface area contributed by atoms with Crippen molar-refractivity contribution in [2.45, 2.75) is 18.9 Å². The molecule has 9 nitrogen and oxygen atoms in total. The van der Waals surface area contributed by atoms with Gasteiger partial charge in [0.25, 0.3) is 5.56 Å². The number of rotatable bonds is 3. The highest BCUT2D eigenvalue weighted by Crippen LogP contribution is 2.44. The van der Waals surface area contributed by atoms with Crippen molar-refractivity contribution >= 4 is 27.8 Å². The van der Waals surface area contributed by atoms with E-state index in [1.807, 2.05) is 0 Å². The lowest BCUT2D eigenvalue weighted by Gasteiger charge is -2.20. The lowest BCUT2D eigenvalue weighted by Crippen LogP contribution is -2.35. The van der Waals surface area contributed by atoms with E-state index in [9.17, 15) is 14.4 Å². The van der Waals surface area contributed by atoms with Gasteiger partial charge in [-0.05, 0) is 31.2 Å². The van der Waals surface area contributed by atoms with Crippen LogP contribution in [-0.4, -0.2) is 36.9 Å². The van der Waals surface area contributed by atoms with E-state index in [1.165, 1.54) is 0 Å². The molecule has 0 saturated carbocycles. The number of pyridine rings is 1. The first kappa shape index (κ1) is 20.3. The van der Waals surface area contributed by atoms with E-state index in [1.54, 1.807) is 49.4 Å². The number of carbonyl (C=O) groups is 1. The number of fused-ring (bicyclic) bond motifs is 5. The Morgan fingerprint density at radius 3 is 2.65 bits per heavy atom. The molecule has 0 spiro atoms. The highest BCUT2D eigenvalue weighted by Gasteiger charge is 2.46. The number of aromatic nitrogens is 1. The van der Waals surface area contributed by atoms with Gasteiger partial charge in [-0.1, -0.05) is 12.1 Å². The van der Waals surface area contributed by atoms with Gasteiger partial charge in [-0.15, -0.1) is 0 Å². The highest BCUT2D eigenvalue weighted by molar-refractivity contribution is 5.89. The largest absolute Gasteiger partial charge is 0.486 e. The summed E-state index contributed by atoms with van der Waals surface area (Å²) in [5.41, 5.74) is 0.0171. The van der Waals surface area contributed by atoms with E-state index >= 15 is 0 Å². The second-order valence-electron chi connectivity index (χ2n) is 8.03. The molecule has 9 heteroatoms. The zero-order chi connectivity index (χ0) is 23.4. The van der Waals surface area contributed by atoms with Crippen molar-refractivity contribution in [3.63, 3.8) is 0 Å². The Morgan fingerprint density at radius 1 is 1.09 bits per heavy atom. The van der Waals surface area contributed by atoms with Crippen LogP contribution in [0.15, 0.2) is 56.5 Å². The lowest BCUT2D eigenvalue weighted by molar-refractivity contribution is -0.151. The summed E-state index contributed by atoms with van der Waals surface area (Å²) >= 11 is 0. The number of benzene rings is 2. The summed E-state index contributed by atoms with van der Waals surface area (Å²) in [7, 11) is 0. The first-order valence-electron chi connectivity index (χ1n) is 10.9. The second-order valence-corrected chi connectivity index (χ2v) is 8.03. The molecule has 0 bridgehead atoms. The molecular formula is C25H19NO8. The number of nitrogens with one attached hydrogen (secondary N) is 1. The van der Waals surface area contributed by atoms with E-state index in [-0.39, 0.29) is 23.5 Å². The molecule has 0 radical (unpaired) electrons. The summed E-state index contributed by atoms with van der Waals surface area (Å²) in [5, 5.41) is 1.19. The minimum atomic E-state index is -1.22. The van der Waals surface area contributed by atoms with Crippen LogP contribution in [-0.2, 0) is 9.53 Å². The summed E-state index contributed by atoms with van der Waals surface area (Å²) < 4.78 is 28.0. The molecule has 0 unspecified atom stereocenters. The zero-order valence-electron chi connectivity index (χ0n) is 18.1. The van der Waals surface area contributed by atoms with Crippen molar-refractivity contribution < 1.29 is 28.2 Å². The Labute approximate surface area is 191 Å². The van der Waals surface area contributed by atoms with E-state index in [4.69, 9.17) is 23.4 Å². The van der Waals surface area contributed by atoms with Crippen molar-refractivity contribution in [1.82, 2.24) is 4.98 Å². The summed E-state index contributed by atoms with van der Waals surface area (Å²) in [4.78, 5) is 42.0. The predicted molar refractivity (Wildman–Crippen MR) is 121 cm³/mol. The fraction of sp³-hybridized carbons (Fsp3) is 0.240. The molecule has 1 N–H and O–H groups in total. The maximum absolute atomic E-state index is 13.2. The summed E-state index contributed by atoms with van der Waals surface area (Å²) in [6, 6.07) is 12.0. The molecule has 172 valence electrons. The Hall–Kier alpha value is -4.27. The quantitative estimate of drug-likeness (QED) is 0.366. The average molecular weight is 461 g/mol. The summed E-state index contributed by atoms with van der Waals surface area (Å²) in [5.74, 6) is -0.387. The van der Waals surface area contributed by atoms with Crippen LogP contribution < -0.4 is 25.4 Å². The van der Waals surface area contributed by atoms with Gasteiger partial charge < -0.3 is 28.3 Å². The van der Waals surface area contributed by atoms with Crippen LogP contribution in [0, 0.1) is 0 Å². The van der Waals surface area contributed by atoms with Crippen LogP contribution >= 0.6 is 0 Å². The Kier molecular flexibility index (Phi) is 4.58. The number of H-pyrrole nitrogens is 1. The molecule has 0 fully saturated rings. The number of hydrogen-bond donors (Lipinski definition) is 1. The van der Waals surface area contributed by atoms with Gasteiger partial charge in [-0.2, -0.15) is 0 Å². The standard InChI is InChI=1S/C25H19NO8/c1-2-30-25(29)22-19(20-21(34-22)13-5-3-4-6-16(13)33-24(20)28)14-9-12-10-17-18(32-8-7-31-17)11-15(12)26-23(14)27/h3-6,9-11,19,22H,2,7-8H2,1H3,(H,26,27)/t19-,22-/m0/s1. The van der Waals surface area contributed by atoms with Gasteiger partial charge in [0.15, 0.2) is 11.5 Å². The normalized spacial score (nSPS) is 18.5. The Balaban J connectivity index is 1.59. The Morgan fingerprint density at radius 2 is 1.85 bits per heavy atom. The third-order valence-electron chi connectivity index (χ3n) is 6.05. The zero-order valence-corrected chi connectivity index (χ0v) is 18.1. The molecule has 4 heterocycles. The van der Waals surface area contributed by atoms with Crippen LogP contribution in [0.5, 0.6) is 17.2 Å². The van der Waals surface area contributed by atoms with Gasteiger partial charge >= 0.3 is 11.6 Å². The topological polar surface area (TPSA) is 117 Å². The maximum Gasteiger partial charge on any atom is 0.348 e. The van der Waals surface area contributed by atoms with Crippen LogP contribution in [0.2, 0.25) is 0 Å². The van der Waals surface area contributed by atoms with Crippen molar-refractivity contribution in [2.24, 2.45) is 0 Å². The SMILES string of the molecule is CCOC(=O)[C@H]1Oc2c(c(=O)oc3ccccc23)[C@@H]1c1cc2cc3c(cc2[nH]c1=O)OCCO3. The smallest absolute Gasteiger partial charge is 0.348 e. The number of esters is 1. The van der Waals surface area contributed by atoms with Crippen molar-refractivity contribution in [2.75, 3.05) is 19.8 Å². The number of aromatic amines is 1. The van der Waals surface area contributed by atoms with Crippen molar-refractivity contribution in [1.29, 1.82) is 0 Å². The first-order valence-corrected chi connectivity index (χ1v) is 10.9. The number of carbonyl (C=O) groups excluding carboxylic acids is 1. The first-order chi connectivity index (χ1) is 16.5. The van der Waals surface area contributed by atoms with Gasteiger partial charge in [0.2, 0.25) is 6.10 Å². The minimum absolute atomic E-state index is 0.110. The molecule has 6 rings (SSSR count). The van der Waals surface area contributed by atoms with Crippen molar-refractivity contribution in [3.05, 3.63) is 74.4 Å². The maximum atomic E-state index is 13.2. The number of para-hydroxylation sites is 1. The monoisotopic (exact) mass is 461 g/mol. The summed E-state index contributed by atoms with van der Waals surface area (Å²) in [6.45, 7) is 2.63. The van der Waals surface area contributed by atoms with Gasteiger partial charge in [0.1, 0.15) is 24.5 Å². The van der Waals surface area contributed by atoms with Crippen LogP contribution in [0.25, 0.3) is 21.9 Å². The molecule has 2 aliphatic heterocycles. The third kappa shape index (κ3) is 3.04. The number of ether oxygens (including phenoxy) is 4. The van der Waals surface area contributed by atoms with Crippen LogP contribution in [0.3, 0.4) is 0 Å². The van der Waals surface area contributed by atoms with Gasteiger partial charge in [0.05, 0.1) is 29.0 Å². The molecule has 2 aliphatic rings. The van der Waals surface area contributed by atoms with Crippen LogP contribution in [0.4, 0.5) is 0 Å². The summed E-state index contributed by atoms with van der Waals surface area (Å²) in [6.07, 6.45) is -1.22. The average Bonchev–Trinajstić information content (AvgIpc) is 3.24. The second kappa shape index (κ2) is 7.65. The predicted octanol–water partition coefficient (Wildman–Crippen LogP) is 2.86. The highest BCUT2D eigenvalue weighted by atomic mass is 16.6. The molecule has 2 atom stereocenters. The van der Waals surface area contributed by atoms with E-state index < -0.39 is 29.2 Å². The van der Waals surface area contributed by atoms with Crippen LogP contribution in [0.1, 0.15) is 24.0 Å². The molecule has 2 aromatic heterocycles. The third-order valence-corrected chi connectivity index (χ3v) is 6.05. The molecule has 2 aromatic carbocycles. The number of hydrogen-bond acceptors (Lipinski definition) is 8. The fourth-order valence-electron chi connectivity index (χ4n) is 4.60. The van der Waals surface area contributed by atoms with Gasteiger partial charge in [0, 0.05) is 17.0 Å². The fourth-order valence-corrected chi connectivity index (χ4v) is 4.60. The molecule has 0 amide bonds. The molecule has 0 aliphatic carbocycles. The van der Waals surface area contributed by atoms with Gasteiger partial charge in [-0.25, -0.2) is 9.59 Å². The van der Waals surface area contributed by atoms with E-state index in [0.29, 0.717) is 46.6 Å². The Bertz CT molecular complexity index is 1580. The molecule has 0 saturated heterocycles. The molecule has 34 heavy (non-hydrogen) atoms. The minimum Gasteiger partial charge on any atom is -0.486 e. The molecular weight excluding hydrogens is 442 g/mol. The van der Waals surface area contributed by atoms with Gasteiger partial charge in [-0.3, -0.25) is 4.79 Å². The van der Waals surface area contributed by atoms with E-state index in [2.05, 4.69) is 4.98 Å². The van der Waals surface area contributed by atoms with Crippen molar-refractivity contribution in [3.8, 4) is 17.2 Å². The van der Waals surface area contributed by atoms with E-state index in [0.717, 1.165) is 0 Å². The lowest BCUT2D eigenvalue weighted by atomic mass is 9.88.